The molecule has 2 N–H and O–H groups in total. The van der Waals surface area contributed by atoms with E-state index in [-0.39, 0.29) is 12.5 Å². The van der Waals surface area contributed by atoms with E-state index in [1.165, 1.54) is 83.5 Å². The molecule has 0 fully saturated rings. The fourth-order valence-electron chi connectivity index (χ4n) is 5.75. The molecule has 0 aromatic carbocycles. The Balaban J connectivity index is 4.51. The number of allylic oxidation sites excluding steroid dienone is 7. The SMILES string of the molecule is CCCC/C=C\CCCCCCCC(=O)NC(COP(=O)([O-])OCC[N+](C)(C)C)C(O)/C=C/CC/C=C/CC/C=C/CCCCCCCCCCCC. The Morgan fingerprint density at radius 1 is 0.642 bits per heavy atom. The van der Waals surface area contributed by atoms with Gasteiger partial charge < -0.3 is 28.8 Å². The van der Waals surface area contributed by atoms with Gasteiger partial charge in [-0.05, 0) is 64.2 Å². The molecule has 1 amide bonds. The molecule has 0 saturated carbocycles. The van der Waals surface area contributed by atoms with Gasteiger partial charge in [0.1, 0.15) is 13.2 Å². The Kier molecular flexibility index (Phi) is 35.1. The molecule has 310 valence electrons. The molecule has 53 heavy (non-hydrogen) atoms. The van der Waals surface area contributed by atoms with Crippen LogP contribution >= 0.6 is 7.82 Å². The van der Waals surface area contributed by atoms with Gasteiger partial charge in [-0.25, -0.2) is 0 Å². The summed E-state index contributed by atoms with van der Waals surface area (Å²) in [6.07, 6.45) is 44.5. The number of carbonyl (C=O) groups is 1. The summed E-state index contributed by atoms with van der Waals surface area (Å²) in [4.78, 5) is 25.2. The molecule has 0 aromatic heterocycles. The molecular formula is C44H83N2O6P. The summed E-state index contributed by atoms with van der Waals surface area (Å²) in [5.74, 6) is -0.225. The predicted octanol–water partition coefficient (Wildman–Crippen LogP) is 11.1. The third-order valence-corrected chi connectivity index (χ3v) is 10.2. The second kappa shape index (κ2) is 36.1. The molecule has 0 heterocycles. The standard InChI is InChI=1S/C44H83N2O6P/c1-6-8-10-12-14-16-18-19-20-21-22-23-24-25-26-28-29-31-33-35-37-43(47)42(41-52-53(49,50)51-40-39-46(3,4)5)45-44(48)38-36-34-32-30-27-17-15-13-11-9-7-2/h13,15,23-24,28-29,35,37,42-43,47H,6-12,14,16-22,25-27,30-34,36,38-41H2,1-5H3,(H-,45,48,49,50)/b15-13-,24-23+,29-28+,37-35+. The fraction of sp³-hybridized carbons (Fsp3) is 0.795. The third kappa shape index (κ3) is 38.5. The van der Waals surface area contributed by atoms with Gasteiger partial charge in [0.25, 0.3) is 7.82 Å². The topological polar surface area (TPSA) is 108 Å². The first kappa shape index (κ1) is 51.5. The number of nitrogens with zero attached hydrogens (tertiary/aromatic N) is 1. The molecule has 3 unspecified atom stereocenters. The van der Waals surface area contributed by atoms with Crippen LogP contribution in [-0.4, -0.2) is 68.5 Å². The van der Waals surface area contributed by atoms with E-state index in [0.29, 0.717) is 17.4 Å². The van der Waals surface area contributed by atoms with Gasteiger partial charge in [0.15, 0.2) is 0 Å². The van der Waals surface area contributed by atoms with Crippen LogP contribution in [-0.2, 0) is 18.4 Å². The van der Waals surface area contributed by atoms with Crippen molar-refractivity contribution in [3.8, 4) is 0 Å². The smallest absolute Gasteiger partial charge is 0.268 e. The molecule has 0 bridgehead atoms. The quantitative estimate of drug-likeness (QED) is 0.0280. The second-order valence-corrected chi connectivity index (χ2v) is 17.1. The van der Waals surface area contributed by atoms with Crippen molar-refractivity contribution in [1.82, 2.24) is 5.32 Å². The van der Waals surface area contributed by atoms with E-state index >= 15 is 0 Å². The van der Waals surface area contributed by atoms with Crippen LogP contribution in [0.15, 0.2) is 48.6 Å². The van der Waals surface area contributed by atoms with E-state index in [0.717, 1.165) is 70.6 Å². The minimum absolute atomic E-state index is 0.0118. The van der Waals surface area contributed by atoms with Gasteiger partial charge in [0.05, 0.1) is 39.9 Å². The summed E-state index contributed by atoms with van der Waals surface area (Å²) in [6, 6.07) is -0.912. The van der Waals surface area contributed by atoms with Crippen LogP contribution in [0.5, 0.6) is 0 Å². The van der Waals surface area contributed by atoms with Crippen molar-refractivity contribution in [3.63, 3.8) is 0 Å². The highest BCUT2D eigenvalue weighted by molar-refractivity contribution is 7.45. The number of nitrogens with one attached hydrogen (secondary N) is 1. The number of phosphoric acid groups is 1. The van der Waals surface area contributed by atoms with Crippen molar-refractivity contribution in [1.29, 1.82) is 0 Å². The number of aliphatic hydroxyl groups is 1. The summed E-state index contributed by atoms with van der Waals surface area (Å²) in [7, 11) is 1.22. The minimum Gasteiger partial charge on any atom is -0.756 e. The van der Waals surface area contributed by atoms with Gasteiger partial charge >= 0.3 is 0 Å². The number of amides is 1. The number of phosphoric ester groups is 1. The maximum Gasteiger partial charge on any atom is 0.268 e. The molecule has 0 rings (SSSR count). The number of aliphatic hydroxyl groups excluding tert-OH is 1. The van der Waals surface area contributed by atoms with Gasteiger partial charge in [0.2, 0.25) is 5.91 Å². The Morgan fingerprint density at radius 2 is 1.08 bits per heavy atom. The molecule has 9 heteroatoms. The molecule has 3 atom stereocenters. The van der Waals surface area contributed by atoms with Crippen molar-refractivity contribution in [3.05, 3.63) is 48.6 Å². The van der Waals surface area contributed by atoms with Crippen molar-refractivity contribution < 1.29 is 32.9 Å². The van der Waals surface area contributed by atoms with Crippen LogP contribution in [0.2, 0.25) is 0 Å². The first-order valence-electron chi connectivity index (χ1n) is 21.5. The Hall–Kier alpha value is -1.54. The molecule has 0 aliphatic rings. The van der Waals surface area contributed by atoms with Crippen LogP contribution < -0.4 is 10.2 Å². The Labute approximate surface area is 327 Å². The lowest BCUT2D eigenvalue weighted by Crippen LogP contribution is -2.45. The molecule has 0 aliphatic heterocycles. The van der Waals surface area contributed by atoms with E-state index in [1.807, 2.05) is 27.2 Å². The van der Waals surface area contributed by atoms with Crippen LogP contribution in [0.3, 0.4) is 0 Å². The van der Waals surface area contributed by atoms with Crippen LogP contribution in [0.1, 0.15) is 174 Å². The first-order chi connectivity index (χ1) is 25.5. The fourth-order valence-corrected chi connectivity index (χ4v) is 6.47. The minimum atomic E-state index is -4.60. The number of hydrogen-bond donors (Lipinski definition) is 2. The maximum absolute atomic E-state index is 12.8. The molecule has 0 radical (unpaired) electrons. The highest BCUT2D eigenvalue weighted by atomic mass is 31.2. The van der Waals surface area contributed by atoms with Gasteiger partial charge in [-0.15, -0.1) is 0 Å². The van der Waals surface area contributed by atoms with Gasteiger partial charge in [-0.2, -0.15) is 0 Å². The van der Waals surface area contributed by atoms with Crippen LogP contribution in [0.4, 0.5) is 0 Å². The van der Waals surface area contributed by atoms with Crippen LogP contribution in [0, 0.1) is 0 Å². The number of hydrogen-bond acceptors (Lipinski definition) is 6. The predicted molar refractivity (Wildman–Crippen MR) is 224 cm³/mol. The molecular weight excluding hydrogens is 683 g/mol. The zero-order chi connectivity index (χ0) is 39.3. The van der Waals surface area contributed by atoms with E-state index in [1.54, 1.807) is 6.08 Å². The highest BCUT2D eigenvalue weighted by Crippen LogP contribution is 2.38. The number of quaternary nitrogens is 1. The molecule has 0 aliphatic carbocycles. The molecule has 0 saturated heterocycles. The largest absolute Gasteiger partial charge is 0.756 e. The normalized spacial score (nSPS) is 14.9. The van der Waals surface area contributed by atoms with Crippen molar-refractivity contribution in [2.45, 2.75) is 187 Å². The number of rotatable bonds is 38. The highest BCUT2D eigenvalue weighted by Gasteiger charge is 2.23. The molecule has 8 nitrogen and oxygen atoms in total. The average Bonchev–Trinajstić information content (AvgIpc) is 3.10. The monoisotopic (exact) mass is 767 g/mol. The maximum atomic E-state index is 12.8. The number of likely N-dealkylation sites (N-methyl/N-ethyl adjacent to an activating group) is 1. The summed E-state index contributed by atoms with van der Waals surface area (Å²) in [5, 5.41) is 13.7. The zero-order valence-corrected chi connectivity index (χ0v) is 35.8. The third-order valence-electron chi connectivity index (χ3n) is 9.24. The summed E-state index contributed by atoms with van der Waals surface area (Å²) >= 11 is 0. The zero-order valence-electron chi connectivity index (χ0n) is 35.0. The lowest BCUT2D eigenvalue weighted by Gasteiger charge is -2.29. The van der Waals surface area contributed by atoms with E-state index in [4.69, 9.17) is 9.05 Å². The Morgan fingerprint density at radius 3 is 1.58 bits per heavy atom. The van der Waals surface area contributed by atoms with E-state index in [9.17, 15) is 19.4 Å². The summed E-state index contributed by atoms with van der Waals surface area (Å²) in [5.41, 5.74) is 0. The second-order valence-electron chi connectivity index (χ2n) is 15.7. The summed E-state index contributed by atoms with van der Waals surface area (Å²) in [6.45, 7) is 4.55. The van der Waals surface area contributed by atoms with Crippen molar-refractivity contribution in [2.24, 2.45) is 0 Å². The van der Waals surface area contributed by atoms with Gasteiger partial charge in [-0.1, -0.05) is 152 Å². The van der Waals surface area contributed by atoms with Crippen LogP contribution in [0.25, 0.3) is 0 Å². The van der Waals surface area contributed by atoms with Gasteiger partial charge in [-0.3, -0.25) is 9.36 Å². The molecule has 0 aromatic rings. The Bertz CT molecular complexity index is 1010. The lowest BCUT2D eigenvalue weighted by atomic mass is 10.1. The van der Waals surface area contributed by atoms with E-state index < -0.39 is 26.6 Å². The first-order valence-corrected chi connectivity index (χ1v) is 23.0. The van der Waals surface area contributed by atoms with Crippen molar-refractivity contribution >= 4 is 13.7 Å². The van der Waals surface area contributed by atoms with Crippen molar-refractivity contribution in [2.75, 3.05) is 40.9 Å². The lowest BCUT2D eigenvalue weighted by molar-refractivity contribution is -0.870. The average molecular weight is 767 g/mol. The van der Waals surface area contributed by atoms with Gasteiger partial charge in [0, 0.05) is 6.42 Å². The number of unbranched alkanes of at least 4 members (excludes halogenated alkanes) is 19. The number of carbonyl (C=O) groups excluding carboxylic acids is 1. The summed E-state index contributed by atoms with van der Waals surface area (Å²) < 4.78 is 23.1. The van der Waals surface area contributed by atoms with E-state index in [2.05, 4.69) is 55.6 Å². The molecule has 0 spiro atoms.